The molecule has 0 aliphatic carbocycles. The number of hydrogen-bond donors (Lipinski definition) is 2. The lowest BCUT2D eigenvalue weighted by molar-refractivity contribution is 0.0711. The van der Waals surface area contributed by atoms with Gasteiger partial charge >= 0.3 is 0 Å². The maximum Gasteiger partial charge on any atom is 0.254 e. The molecule has 4 heteroatoms. The Morgan fingerprint density at radius 3 is 2.44 bits per heavy atom. The van der Waals surface area contributed by atoms with Gasteiger partial charge in [-0.05, 0) is 68.8 Å². The second kappa shape index (κ2) is 7.57. The monoisotopic (exact) mass is 364 g/mol. The number of carbonyl (C=O) groups is 1. The quantitative estimate of drug-likeness (QED) is 0.666. The molecule has 0 aliphatic heterocycles. The van der Waals surface area contributed by atoms with Gasteiger partial charge in [0, 0.05) is 23.8 Å². The molecular formula is C23H28N2O2. The molecule has 3 rings (SSSR count). The van der Waals surface area contributed by atoms with Gasteiger partial charge in [0.05, 0.1) is 11.6 Å². The first-order valence-electron chi connectivity index (χ1n) is 9.41. The first-order chi connectivity index (χ1) is 12.7. The van der Waals surface area contributed by atoms with E-state index in [1.165, 1.54) is 0 Å². The van der Waals surface area contributed by atoms with E-state index < -0.39 is 5.60 Å². The third kappa shape index (κ3) is 4.58. The van der Waals surface area contributed by atoms with E-state index in [2.05, 4.69) is 17.1 Å². The Hall–Kier alpha value is -2.59. The highest BCUT2D eigenvalue weighted by molar-refractivity contribution is 5.94. The second-order valence-corrected chi connectivity index (χ2v) is 7.91. The molecule has 1 amide bonds. The number of para-hydroxylation sites is 1. The number of benzene rings is 2. The molecule has 0 saturated heterocycles. The van der Waals surface area contributed by atoms with E-state index in [0.29, 0.717) is 12.0 Å². The molecule has 0 unspecified atom stereocenters. The van der Waals surface area contributed by atoms with Crippen LogP contribution in [0.1, 0.15) is 54.8 Å². The van der Waals surface area contributed by atoms with Crippen molar-refractivity contribution in [2.45, 2.75) is 45.3 Å². The standard InChI is InChI=1S/C23H28N2O2/c1-16(21-15-19-7-5-6-8-20(19)24-21)25(4)22(26)18-11-9-17(10-12-18)13-14-23(2,3)27/h5-12,15-16,24,27H,13-14H2,1-4H3/t16-/m0/s1. The average Bonchev–Trinajstić information content (AvgIpc) is 3.08. The van der Waals surface area contributed by atoms with Gasteiger partial charge in [-0.1, -0.05) is 30.3 Å². The molecule has 0 radical (unpaired) electrons. The Labute approximate surface area is 160 Å². The van der Waals surface area contributed by atoms with E-state index >= 15 is 0 Å². The van der Waals surface area contributed by atoms with E-state index in [4.69, 9.17) is 0 Å². The number of nitrogens with one attached hydrogen (secondary N) is 1. The highest BCUT2D eigenvalue weighted by Crippen LogP contribution is 2.24. The maximum absolute atomic E-state index is 12.9. The summed E-state index contributed by atoms with van der Waals surface area (Å²) in [6.45, 7) is 5.65. The number of H-pyrrole nitrogens is 1. The molecule has 0 aliphatic rings. The number of aliphatic hydroxyl groups is 1. The second-order valence-electron chi connectivity index (χ2n) is 7.91. The van der Waals surface area contributed by atoms with Gasteiger partial charge in [-0.25, -0.2) is 0 Å². The van der Waals surface area contributed by atoms with Crippen LogP contribution in [0.4, 0.5) is 0 Å². The molecule has 2 N–H and O–H groups in total. The Kier molecular flexibility index (Phi) is 5.38. The van der Waals surface area contributed by atoms with Gasteiger partial charge in [-0.2, -0.15) is 0 Å². The fourth-order valence-electron chi connectivity index (χ4n) is 3.17. The average molecular weight is 364 g/mol. The van der Waals surface area contributed by atoms with Crippen LogP contribution in [0.2, 0.25) is 0 Å². The summed E-state index contributed by atoms with van der Waals surface area (Å²) in [7, 11) is 1.83. The lowest BCUT2D eigenvalue weighted by atomic mass is 9.98. The molecular weight excluding hydrogens is 336 g/mol. The van der Waals surface area contributed by atoms with Gasteiger partial charge in [-0.15, -0.1) is 0 Å². The van der Waals surface area contributed by atoms with Crippen LogP contribution in [0.15, 0.2) is 54.6 Å². The SMILES string of the molecule is C[C@@H](c1cc2ccccc2[nH]1)N(C)C(=O)c1ccc(CCC(C)(C)O)cc1. The summed E-state index contributed by atoms with van der Waals surface area (Å²) in [5.41, 5.74) is 3.22. The van der Waals surface area contributed by atoms with Crippen LogP contribution < -0.4 is 0 Å². The fourth-order valence-corrected chi connectivity index (χ4v) is 3.17. The third-order valence-electron chi connectivity index (χ3n) is 5.13. The van der Waals surface area contributed by atoms with Crippen molar-refractivity contribution in [3.8, 4) is 0 Å². The number of nitrogens with zero attached hydrogens (tertiary/aromatic N) is 1. The molecule has 0 fully saturated rings. The minimum absolute atomic E-state index is 0.00445. The molecule has 142 valence electrons. The van der Waals surface area contributed by atoms with Gasteiger partial charge < -0.3 is 15.0 Å². The van der Waals surface area contributed by atoms with Gasteiger partial charge in [0.25, 0.3) is 5.91 Å². The van der Waals surface area contributed by atoms with Crippen LogP contribution in [0.25, 0.3) is 10.9 Å². The normalized spacial score (nSPS) is 12.9. The van der Waals surface area contributed by atoms with Crippen molar-refractivity contribution in [1.82, 2.24) is 9.88 Å². The summed E-state index contributed by atoms with van der Waals surface area (Å²) in [6.07, 6.45) is 1.48. The van der Waals surface area contributed by atoms with E-state index in [1.54, 1.807) is 4.90 Å². The zero-order valence-corrected chi connectivity index (χ0v) is 16.5. The molecule has 0 spiro atoms. The lowest BCUT2D eigenvalue weighted by Gasteiger charge is -2.24. The molecule has 1 atom stereocenters. The molecule has 27 heavy (non-hydrogen) atoms. The summed E-state index contributed by atoms with van der Waals surface area (Å²) in [6, 6.07) is 17.9. The number of aryl methyl sites for hydroxylation is 1. The van der Waals surface area contributed by atoms with Gasteiger partial charge in [0.1, 0.15) is 0 Å². The number of aromatic nitrogens is 1. The van der Waals surface area contributed by atoms with E-state index in [1.807, 2.05) is 70.3 Å². The first-order valence-corrected chi connectivity index (χ1v) is 9.41. The zero-order valence-electron chi connectivity index (χ0n) is 16.5. The minimum atomic E-state index is -0.677. The molecule has 0 saturated carbocycles. The van der Waals surface area contributed by atoms with Gasteiger partial charge in [0.2, 0.25) is 0 Å². The predicted octanol–water partition coefficient (Wildman–Crippen LogP) is 4.70. The van der Waals surface area contributed by atoms with Crippen LogP contribution in [0.5, 0.6) is 0 Å². The summed E-state index contributed by atoms with van der Waals surface area (Å²) >= 11 is 0. The third-order valence-corrected chi connectivity index (χ3v) is 5.13. The van der Waals surface area contributed by atoms with Crippen molar-refractivity contribution >= 4 is 16.8 Å². The van der Waals surface area contributed by atoms with Crippen LogP contribution in [-0.4, -0.2) is 33.5 Å². The van der Waals surface area contributed by atoms with Crippen LogP contribution in [0.3, 0.4) is 0 Å². The Balaban J connectivity index is 1.70. The fraction of sp³-hybridized carbons (Fsp3) is 0.348. The summed E-state index contributed by atoms with van der Waals surface area (Å²) in [4.78, 5) is 18.0. The number of rotatable bonds is 6. The molecule has 1 aromatic heterocycles. The van der Waals surface area contributed by atoms with E-state index in [-0.39, 0.29) is 11.9 Å². The first kappa shape index (κ1) is 19.2. The zero-order chi connectivity index (χ0) is 19.6. The van der Waals surface area contributed by atoms with E-state index in [9.17, 15) is 9.90 Å². The van der Waals surface area contributed by atoms with Crippen molar-refractivity contribution < 1.29 is 9.90 Å². The summed E-state index contributed by atoms with van der Waals surface area (Å²) in [5, 5.41) is 11.0. The minimum Gasteiger partial charge on any atom is -0.390 e. The van der Waals surface area contributed by atoms with Crippen molar-refractivity contribution in [3.63, 3.8) is 0 Å². The number of amides is 1. The molecule has 2 aromatic carbocycles. The van der Waals surface area contributed by atoms with Crippen molar-refractivity contribution in [3.05, 3.63) is 71.4 Å². The number of aromatic amines is 1. The Morgan fingerprint density at radius 2 is 1.81 bits per heavy atom. The smallest absolute Gasteiger partial charge is 0.254 e. The van der Waals surface area contributed by atoms with Crippen molar-refractivity contribution in [2.24, 2.45) is 0 Å². The summed E-state index contributed by atoms with van der Waals surface area (Å²) < 4.78 is 0. The van der Waals surface area contributed by atoms with Crippen LogP contribution in [0, 0.1) is 0 Å². The largest absolute Gasteiger partial charge is 0.390 e. The molecule has 0 bridgehead atoms. The Morgan fingerprint density at radius 1 is 1.15 bits per heavy atom. The number of carbonyl (C=O) groups excluding carboxylic acids is 1. The summed E-state index contributed by atoms with van der Waals surface area (Å²) in [5.74, 6) is -0.00445. The lowest BCUT2D eigenvalue weighted by Crippen LogP contribution is -2.29. The number of hydrogen-bond acceptors (Lipinski definition) is 2. The van der Waals surface area contributed by atoms with E-state index in [0.717, 1.165) is 28.6 Å². The van der Waals surface area contributed by atoms with Crippen LogP contribution in [-0.2, 0) is 6.42 Å². The highest BCUT2D eigenvalue weighted by Gasteiger charge is 2.20. The van der Waals surface area contributed by atoms with Crippen molar-refractivity contribution in [1.29, 1.82) is 0 Å². The molecule has 3 aromatic rings. The number of fused-ring (bicyclic) bond motifs is 1. The topological polar surface area (TPSA) is 56.3 Å². The maximum atomic E-state index is 12.9. The van der Waals surface area contributed by atoms with Gasteiger partial charge in [0.15, 0.2) is 0 Å². The molecule has 4 nitrogen and oxygen atoms in total. The molecule has 1 heterocycles. The predicted molar refractivity (Wildman–Crippen MR) is 110 cm³/mol. The highest BCUT2D eigenvalue weighted by atomic mass is 16.3. The van der Waals surface area contributed by atoms with Crippen molar-refractivity contribution in [2.75, 3.05) is 7.05 Å². The van der Waals surface area contributed by atoms with Crippen LogP contribution >= 0.6 is 0 Å². The Bertz CT molecular complexity index is 886. The van der Waals surface area contributed by atoms with Gasteiger partial charge in [-0.3, -0.25) is 4.79 Å².